The highest BCUT2D eigenvalue weighted by Crippen LogP contribution is 2.29. The van der Waals surface area contributed by atoms with Crippen molar-refractivity contribution in [3.8, 4) is 5.69 Å². The van der Waals surface area contributed by atoms with Gasteiger partial charge in [0.25, 0.3) is 0 Å². The van der Waals surface area contributed by atoms with Crippen LogP contribution in [-0.2, 0) is 6.54 Å². The lowest BCUT2D eigenvalue weighted by molar-refractivity contribution is 0.591. The second kappa shape index (κ2) is 6.57. The average molecular weight is 313 g/mol. The largest absolute Gasteiger partial charge is 0.325 e. The SMILES string of the molecule is CCC(CC)c1c(CN)nnn1-c1cc(Cl)cc(Cl)c1. The third-order valence-electron chi connectivity index (χ3n) is 3.44. The highest BCUT2D eigenvalue weighted by atomic mass is 35.5. The molecule has 2 aromatic rings. The van der Waals surface area contributed by atoms with Crippen LogP contribution in [0.15, 0.2) is 18.2 Å². The van der Waals surface area contributed by atoms with Crippen LogP contribution in [0.25, 0.3) is 5.69 Å². The molecule has 1 aromatic carbocycles. The van der Waals surface area contributed by atoms with Crippen molar-refractivity contribution in [1.82, 2.24) is 15.0 Å². The molecule has 0 unspecified atom stereocenters. The van der Waals surface area contributed by atoms with Gasteiger partial charge < -0.3 is 5.73 Å². The van der Waals surface area contributed by atoms with E-state index in [9.17, 15) is 0 Å². The minimum absolute atomic E-state index is 0.362. The maximum Gasteiger partial charge on any atom is 0.100 e. The fraction of sp³-hybridized carbons (Fsp3) is 0.429. The van der Waals surface area contributed by atoms with Crippen LogP contribution in [0.3, 0.4) is 0 Å². The highest BCUT2D eigenvalue weighted by Gasteiger charge is 2.20. The van der Waals surface area contributed by atoms with Crippen LogP contribution in [0.4, 0.5) is 0 Å². The zero-order valence-corrected chi connectivity index (χ0v) is 13.1. The maximum atomic E-state index is 6.07. The molecule has 2 rings (SSSR count). The summed E-state index contributed by atoms with van der Waals surface area (Å²) < 4.78 is 1.80. The number of hydrogen-bond acceptors (Lipinski definition) is 3. The molecule has 6 heteroatoms. The summed E-state index contributed by atoms with van der Waals surface area (Å²) in [4.78, 5) is 0. The van der Waals surface area contributed by atoms with Crippen molar-refractivity contribution in [3.05, 3.63) is 39.6 Å². The van der Waals surface area contributed by atoms with E-state index in [0.29, 0.717) is 22.5 Å². The van der Waals surface area contributed by atoms with Crippen molar-refractivity contribution < 1.29 is 0 Å². The molecule has 0 amide bonds. The van der Waals surface area contributed by atoms with E-state index in [2.05, 4.69) is 24.2 Å². The molecule has 4 nitrogen and oxygen atoms in total. The van der Waals surface area contributed by atoms with E-state index in [0.717, 1.165) is 29.9 Å². The molecule has 0 aliphatic carbocycles. The Bertz CT molecular complexity index is 571. The number of rotatable bonds is 5. The fourth-order valence-corrected chi connectivity index (χ4v) is 2.92. The van der Waals surface area contributed by atoms with Gasteiger partial charge in [0.1, 0.15) is 5.69 Å². The number of nitrogens with zero attached hydrogens (tertiary/aromatic N) is 3. The Morgan fingerprint density at radius 3 is 2.25 bits per heavy atom. The third-order valence-corrected chi connectivity index (χ3v) is 3.87. The van der Waals surface area contributed by atoms with E-state index < -0.39 is 0 Å². The zero-order valence-electron chi connectivity index (χ0n) is 11.6. The van der Waals surface area contributed by atoms with Gasteiger partial charge in [0.2, 0.25) is 0 Å². The lowest BCUT2D eigenvalue weighted by Crippen LogP contribution is -2.10. The van der Waals surface area contributed by atoms with Crippen molar-refractivity contribution in [2.45, 2.75) is 39.2 Å². The summed E-state index contributed by atoms with van der Waals surface area (Å²) in [5.41, 5.74) is 8.48. The van der Waals surface area contributed by atoms with Crippen LogP contribution in [0, 0.1) is 0 Å². The van der Waals surface area contributed by atoms with Gasteiger partial charge in [0.05, 0.1) is 11.4 Å². The van der Waals surface area contributed by atoms with Gasteiger partial charge in [-0.05, 0) is 31.0 Å². The zero-order chi connectivity index (χ0) is 14.7. The molecule has 0 spiro atoms. The molecule has 0 aliphatic heterocycles. The summed E-state index contributed by atoms with van der Waals surface area (Å²) >= 11 is 12.1. The smallest absolute Gasteiger partial charge is 0.100 e. The summed E-state index contributed by atoms with van der Waals surface area (Å²) in [5, 5.41) is 9.57. The van der Waals surface area contributed by atoms with Gasteiger partial charge in [0, 0.05) is 22.5 Å². The second-order valence-corrected chi connectivity index (χ2v) is 5.55. The number of halogens is 2. The van der Waals surface area contributed by atoms with E-state index in [1.807, 2.05) is 12.1 Å². The summed E-state index contributed by atoms with van der Waals surface area (Å²) in [6, 6.07) is 5.35. The monoisotopic (exact) mass is 312 g/mol. The van der Waals surface area contributed by atoms with Crippen LogP contribution in [-0.4, -0.2) is 15.0 Å². The Morgan fingerprint density at radius 2 is 1.75 bits per heavy atom. The van der Waals surface area contributed by atoms with Crippen LogP contribution in [0.2, 0.25) is 10.0 Å². The van der Waals surface area contributed by atoms with Crippen molar-refractivity contribution in [2.75, 3.05) is 0 Å². The van der Waals surface area contributed by atoms with Crippen molar-refractivity contribution in [1.29, 1.82) is 0 Å². The molecule has 0 radical (unpaired) electrons. The predicted octanol–water partition coefficient (Wildman–Crippen LogP) is 3.94. The molecule has 0 saturated heterocycles. The first-order valence-electron chi connectivity index (χ1n) is 6.71. The van der Waals surface area contributed by atoms with Gasteiger partial charge in [-0.3, -0.25) is 0 Å². The van der Waals surface area contributed by atoms with Gasteiger partial charge in [-0.2, -0.15) is 0 Å². The molecule has 0 saturated carbocycles. The van der Waals surface area contributed by atoms with E-state index in [-0.39, 0.29) is 0 Å². The van der Waals surface area contributed by atoms with Gasteiger partial charge in [-0.1, -0.05) is 42.3 Å². The number of benzene rings is 1. The lowest BCUT2D eigenvalue weighted by Gasteiger charge is -2.16. The van der Waals surface area contributed by atoms with Gasteiger partial charge in [-0.25, -0.2) is 4.68 Å². The Hall–Kier alpha value is -1.10. The average Bonchev–Trinajstić information content (AvgIpc) is 2.83. The topological polar surface area (TPSA) is 56.7 Å². The minimum atomic E-state index is 0.362. The van der Waals surface area contributed by atoms with Crippen LogP contribution in [0.5, 0.6) is 0 Å². The number of aromatic nitrogens is 3. The van der Waals surface area contributed by atoms with Crippen molar-refractivity contribution in [2.24, 2.45) is 5.73 Å². The number of nitrogens with two attached hydrogens (primary N) is 1. The molecule has 108 valence electrons. The Morgan fingerprint density at radius 1 is 1.15 bits per heavy atom. The van der Waals surface area contributed by atoms with E-state index in [1.54, 1.807) is 10.7 Å². The fourth-order valence-electron chi connectivity index (χ4n) is 2.40. The first-order chi connectivity index (χ1) is 9.60. The highest BCUT2D eigenvalue weighted by molar-refractivity contribution is 6.34. The summed E-state index contributed by atoms with van der Waals surface area (Å²) in [6.45, 7) is 4.67. The molecule has 1 heterocycles. The van der Waals surface area contributed by atoms with Crippen LogP contribution >= 0.6 is 23.2 Å². The number of hydrogen-bond donors (Lipinski definition) is 1. The second-order valence-electron chi connectivity index (χ2n) is 4.68. The summed E-state index contributed by atoms with van der Waals surface area (Å²) in [5.74, 6) is 0.362. The van der Waals surface area contributed by atoms with E-state index >= 15 is 0 Å². The molecule has 0 atom stereocenters. The van der Waals surface area contributed by atoms with Crippen LogP contribution < -0.4 is 5.73 Å². The maximum absolute atomic E-state index is 6.07. The Balaban J connectivity index is 2.59. The van der Waals surface area contributed by atoms with Crippen LogP contribution in [0.1, 0.15) is 44.0 Å². The molecular formula is C14H18Cl2N4. The molecule has 0 bridgehead atoms. The van der Waals surface area contributed by atoms with E-state index in [4.69, 9.17) is 28.9 Å². The predicted molar refractivity (Wildman–Crippen MR) is 82.6 cm³/mol. The van der Waals surface area contributed by atoms with Gasteiger partial charge in [0.15, 0.2) is 0 Å². The summed E-state index contributed by atoms with van der Waals surface area (Å²) in [6.07, 6.45) is 2.01. The third kappa shape index (κ3) is 2.97. The molecule has 2 N–H and O–H groups in total. The minimum Gasteiger partial charge on any atom is -0.325 e. The Kier molecular flexibility index (Phi) is 5.02. The van der Waals surface area contributed by atoms with Crippen molar-refractivity contribution in [3.63, 3.8) is 0 Å². The quantitative estimate of drug-likeness (QED) is 0.909. The van der Waals surface area contributed by atoms with Gasteiger partial charge >= 0.3 is 0 Å². The Labute approximate surface area is 128 Å². The van der Waals surface area contributed by atoms with Crippen molar-refractivity contribution >= 4 is 23.2 Å². The standard InChI is InChI=1S/C14H18Cl2N4/c1-3-9(4-2)14-13(8-17)18-19-20(14)12-6-10(15)5-11(16)7-12/h5-7,9H,3-4,8,17H2,1-2H3. The lowest BCUT2D eigenvalue weighted by atomic mass is 9.97. The van der Waals surface area contributed by atoms with Gasteiger partial charge in [-0.15, -0.1) is 5.10 Å². The normalized spacial score (nSPS) is 11.3. The molecule has 1 aromatic heterocycles. The first-order valence-corrected chi connectivity index (χ1v) is 7.47. The first kappa shape index (κ1) is 15.3. The van der Waals surface area contributed by atoms with E-state index in [1.165, 1.54) is 0 Å². The molecule has 20 heavy (non-hydrogen) atoms. The molecule has 0 fully saturated rings. The molecular weight excluding hydrogens is 295 g/mol. The summed E-state index contributed by atoms with van der Waals surface area (Å²) in [7, 11) is 0. The molecule has 0 aliphatic rings.